The van der Waals surface area contributed by atoms with E-state index in [1.165, 1.54) is 10.4 Å². The first-order valence-corrected chi connectivity index (χ1v) is 7.30. The van der Waals surface area contributed by atoms with E-state index in [1.807, 2.05) is 0 Å². The Morgan fingerprint density at radius 1 is 1.29 bits per heavy atom. The lowest BCUT2D eigenvalue weighted by atomic mass is 10.2. The highest BCUT2D eigenvalue weighted by Gasteiger charge is 2.27. The van der Waals surface area contributed by atoms with E-state index in [9.17, 15) is 8.42 Å². The largest absolute Gasteiger partial charge is 0.314 e. The van der Waals surface area contributed by atoms with E-state index in [0.717, 1.165) is 5.56 Å². The van der Waals surface area contributed by atoms with Crippen molar-refractivity contribution in [3.8, 4) is 0 Å². The van der Waals surface area contributed by atoms with Gasteiger partial charge >= 0.3 is 0 Å². The van der Waals surface area contributed by atoms with Gasteiger partial charge in [0.2, 0.25) is 10.0 Å². The van der Waals surface area contributed by atoms with Gasteiger partial charge in [0.1, 0.15) is 0 Å². The molecule has 1 saturated heterocycles. The number of rotatable bonds is 2. The van der Waals surface area contributed by atoms with Crippen molar-refractivity contribution in [3.63, 3.8) is 0 Å². The van der Waals surface area contributed by atoms with Crippen LogP contribution >= 0.6 is 11.6 Å². The number of sulfonamides is 1. The Morgan fingerprint density at radius 3 is 2.59 bits per heavy atom. The van der Waals surface area contributed by atoms with Crippen LogP contribution in [0.25, 0.3) is 0 Å². The van der Waals surface area contributed by atoms with E-state index < -0.39 is 10.0 Å². The summed E-state index contributed by atoms with van der Waals surface area (Å²) in [5, 5.41) is 3.58. The third-order valence-electron chi connectivity index (χ3n) is 2.84. The Balaban J connectivity index is 2.40. The van der Waals surface area contributed by atoms with Gasteiger partial charge in [-0.25, -0.2) is 8.42 Å². The molecular weight excluding hydrogens is 260 g/mol. The fourth-order valence-electron chi connectivity index (χ4n) is 1.88. The SMILES string of the molecule is Cc1ccc(Cl)cc1S(=O)(=O)N1CCNCC1. The van der Waals surface area contributed by atoms with Gasteiger partial charge in [0.15, 0.2) is 0 Å². The molecular formula is C11H15ClN2O2S. The molecule has 0 saturated carbocycles. The van der Waals surface area contributed by atoms with Crippen molar-refractivity contribution in [3.05, 3.63) is 28.8 Å². The van der Waals surface area contributed by atoms with Gasteiger partial charge in [-0.3, -0.25) is 0 Å². The van der Waals surface area contributed by atoms with Crippen LogP contribution in [0, 0.1) is 6.92 Å². The molecule has 4 nitrogen and oxygen atoms in total. The van der Waals surface area contributed by atoms with Gasteiger partial charge in [-0.15, -0.1) is 0 Å². The van der Waals surface area contributed by atoms with Crippen LogP contribution in [0.3, 0.4) is 0 Å². The lowest BCUT2D eigenvalue weighted by Gasteiger charge is -2.27. The Hall–Kier alpha value is -0.620. The molecule has 0 atom stereocenters. The predicted molar refractivity (Wildman–Crippen MR) is 67.8 cm³/mol. The quantitative estimate of drug-likeness (QED) is 0.883. The van der Waals surface area contributed by atoms with E-state index in [0.29, 0.717) is 36.1 Å². The average molecular weight is 275 g/mol. The second kappa shape index (κ2) is 4.94. The summed E-state index contributed by atoms with van der Waals surface area (Å²) >= 11 is 5.87. The third-order valence-corrected chi connectivity index (χ3v) is 5.12. The first kappa shape index (κ1) is 12.8. The van der Waals surface area contributed by atoms with Gasteiger partial charge in [0.25, 0.3) is 0 Å². The molecule has 0 radical (unpaired) electrons. The molecule has 2 rings (SSSR count). The molecule has 1 aliphatic heterocycles. The molecule has 1 N–H and O–H groups in total. The Morgan fingerprint density at radius 2 is 1.94 bits per heavy atom. The van der Waals surface area contributed by atoms with Crippen LogP contribution in [0.2, 0.25) is 5.02 Å². The number of piperazine rings is 1. The predicted octanol–water partition coefficient (Wildman–Crippen LogP) is 1.24. The van der Waals surface area contributed by atoms with Crippen molar-refractivity contribution in [2.45, 2.75) is 11.8 Å². The minimum Gasteiger partial charge on any atom is -0.314 e. The molecule has 1 heterocycles. The van der Waals surface area contributed by atoms with E-state index in [2.05, 4.69) is 5.32 Å². The number of halogens is 1. The fraction of sp³-hybridized carbons (Fsp3) is 0.455. The smallest absolute Gasteiger partial charge is 0.243 e. The van der Waals surface area contributed by atoms with E-state index in [-0.39, 0.29) is 0 Å². The van der Waals surface area contributed by atoms with Crippen LogP contribution in [0.1, 0.15) is 5.56 Å². The van der Waals surface area contributed by atoms with Crippen molar-refractivity contribution in [1.29, 1.82) is 0 Å². The highest BCUT2D eigenvalue weighted by Crippen LogP contribution is 2.23. The molecule has 0 aromatic heterocycles. The molecule has 1 aliphatic rings. The Kier molecular flexibility index (Phi) is 3.73. The number of nitrogens with zero attached hydrogens (tertiary/aromatic N) is 1. The third kappa shape index (κ3) is 2.63. The zero-order chi connectivity index (χ0) is 12.5. The summed E-state index contributed by atoms with van der Waals surface area (Å²) in [5.74, 6) is 0. The summed E-state index contributed by atoms with van der Waals surface area (Å²) in [6, 6.07) is 4.96. The van der Waals surface area contributed by atoms with Crippen molar-refractivity contribution in [2.24, 2.45) is 0 Å². The molecule has 0 spiro atoms. The standard InChI is InChI=1S/C11H15ClN2O2S/c1-9-2-3-10(12)8-11(9)17(15,16)14-6-4-13-5-7-14/h2-3,8,13H,4-7H2,1H3. The second-order valence-corrected chi connectivity index (χ2v) is 6.41. The summed E-state index contributed by atoms with van der Waals surface area (Å²) < 4.78 is 26.3. The van der Waals surface area contributed by atoms with Crippen LogP contribution in [0.5, 0.6) is 0 Å². The number of aryl methyl sites for hydroxylation is 1. The van der Waals surface area contributed by atoms with Crippen LogP contribution in [0.4, 0.5) is 0 Å². The van der Waals surface area contributed by atoms with Crippen molar-refractivity contribution < 1.29 is 8.42 Å². The normalized spacial score (nSPS) is 18.2. The van der Waals surface area contributed by atoms with Crippen molar-refractivity contribution >= 4 is 21.6 Å². The number of hydrogen-bond donors (Lipinski definition) is 1. The van der Waals surface area contributed by atoms with Crippen LogP contribution < -0.4 is 5.32 Å². The summed E-state index contributed by atoms with van der Waals surface area (Å²) in [4.78, 5) is 0.312. The topological polar surface area (TPSA) is 49.4 Å². The summed E-state index contributed by atoms with van der Waals surface area (Å²) in [5.41, 5.74) is 0.730. The monoisotopic (exact) mass is 274 g/mol. The van der Waals surface area contributed by atoms with Gasteiger partial charge in [-0.1, -0.05) is 17.7 Å². The summed E-state index contributed by atoms with van der Waals surface area (Å²) in [6.07, 6.45) is 0. The van der Waals surface area contributed by atoms with Crippen LogP contribution in [-0.4, -0.2) is 38.9 Å². The molecule has 0 bridgehead atoms. The minimum absolute atomic E-state index is 0.312. The molecule has 0 aliphatic carbocycles. The molecule has 17 heavy (non-hydrogen) atoms. The van der Waals surface area contributed by atoms with Gasteiger partial charge in [0, 0.05) is 31.2 Å². The van der Waals surface area contributed by atoms with Crippen molar-refractivity contribution in [2.75, 3.05) is 26.2 Å². The van der Waals surface area contributed by atoms with Crippen molar-refractivity contribution in [1.82, 2.24) is 9.62 Å². The number of nitrogens with one attached hydrogen (secondary N) is 1. The molecule has 1 aromatic carbocycles. The lowest BCUT2D eigenvalue weighted by molar-refractivity contribution is 0.360. The molecule has 0 unspecified atom stereocenters. The molecule has 1 fully saturated rings. The Labute approximate surface area is 107 Å². The highest BCUT2D eigenvalue weighted by atomic mass is 35.5. The summed E-state index contributed by atoms with van der Waals surface area (Å²) in [7, 11) is -3.41. The lowest BCUT2D eigenvalue weighted by Crippen LogP contribution is -2.46. The zero-order valence-electron chi connectivity index (χ0n) is 9.61. The van der Waals surface area contributed by atoms with Crippen LogP contribution in [0.15, 0.2) is 23.1 Å². The zero-order valence-corrected chi connectivity index (χ0v) is 11.2. The number of benzene rings is 1. The average Bonchev–Trinajstić information content (AvgIpc) is 2.33. The molecule has 94 valence electrons. The molecule has 0 amide bonds. The first-order valence-electron chi connectivity index (χ1n) is 5.49. The van der Waals surface area contributed by atoms with E-state index >= 15 is 0 Å². The number of hydrogen-bond acceptors (Lipinski definition) is 3. The Bertz CT molecular complexity index is 510. The highest BCUT2D eigenvalue weighted by molar-refractivity contribution is 7.89. The van der Waals surface area contributed by atoms with Gasteiger partial charge in [-0.05, 0) is 24.6 Å². The van der Waals surface area contributed by atoms with Gasteiger partial charge in [-0.2, -0.15) is 4.31 Å². The van der Waals surface area contributed by atoms with E-state index in [4.69, 9.17) is 11.6 Å². The van der Waals surface area contributed by atoms with E-state index in [1.54, 1.807) is 19.1 Å². The summed E-state index contributed by atoms with van der Waals surface area (Å²) in [6.45, 7) is 4.19. The van der Waals surface area contributed by atoms with Gasteiger partial charge < -0.3 is 5.32 Å². The maximum Gasteiger partial charge on any atom is 0.243 e. The molecule has 1 aromatic rings. The van der Waals surface area contributed by atoms with Gasteiger partial charge in [0.05, 0.1) is 4.90 Å². The fourth-order valence-corrected chi connectivity index (χ4v) is 3.80. The maximum atomic E-state index is 12.4. The molecule has 6 heteroatoms. The first-order chi connectivity index (χ1) is 8.01. The van der Waals surface area contributed by atoms with Crippen LogP contribution in [-0.2, 0) is 10.0 Å². The minimum atomic E-state index is -3.41. The maximum absolute atomic E-state index is 12.4. The second-order valence-electron chi connectivity index (χ2n) is 4.06.